The third-order valence-corrected chi connectivity index (χ3v) is 5.47. The molecule has 0 aliphatic rings. The molecule has 20 heavy (non-hydrogen) atoms. The highest BCUT2D eigenvalue weighted by Crippen LogP contribution is 2.19. The van der Waals surface area contributed by atoms with Crippen molar-refractivity contribution in [2.24, 2.45) is 0 Å². The highest BCUT2D eigenvalue weighted by molar-refractivity contribution is 7.89. The molecule has 0 amide bonds. The summed E-state index contributed by atoms with van der Waals surface area (Å²) in [4.78, 5) is 11.2. The molecule has 0 aliphatic heterocycles. The molecule has 1 N–H and O–H groups in total. The van der Waals surface area contributed by atoms with Crippen LogP contribution in [0.2, 0.25) is 0 Å². The van der Waals surface area contributed by atoms with Crippen LogP contribution in [0.25, 0.3) is 6.08 Å². The number of carbonyl (C=O) groups is 1. The van der Waals surface area contributed by atoms with E-state index in [1.807, 2.05) is 0 Å². The summed E-state index contributed by atoms with van der Waals surface area (Å²) >= 11 is 1.33. The monoisotopic (exact) mass is 314 g/mol. The van der Waals surface area contributed by atoms with Crippen LogP contribution in [0.5, 0.6) is 0 Å². The minimum absolute atomic E-state index is 0.153. The molecule has 0 fully saturated rings. The van der Waals surface area contributed by atoms with Crippen molar-refractivity contribution in [3.05, 3.63) is 28.0 Å². The van der Waals surface area contributed by atoms with Crippen LogP contribution in [0.3, 0.4) is 0 Å². The summed E-state index contributed by atoms with van der Waals surface area (Å²) in [5, 5.41) is 17.9. The first-order chi connectivity index (χ1) is 9.27. The molecule has 0 aromatic carbocycles. The number of hydrogen-bond donors (Lipinski definition) is 1. The lowest BCUT2D eigenvalue weighted by Gasteiger charge is -2.17. The fourth-order valence-corrected chi connectivity index (χ4v) is 3.36. The first kappa shape index (κ1) is 16.4. The van der Waals surface area contributed by atoms with Gasteiger partial charge in [-0.05, 0) is 30.0 Å². The topological polar surface area (TPSA) is 98.5 Å². The van der Waals surface area contributed by atoms with E-state index in [1.165, 1.54) is 31.4 Å². The maximum atomic E-state index is 11.9. The molecule has 6 nitrogen and oxygen atoms in total. The molecule has 1 unspecified atom stereocenters. The second-order valence-corrected chi connectivity index (χ2v) is 7.45. The molecule has 1 rings (SSSR count). The Bertz CT molecular complexity index is 655. The minimum Gasteiger partial charge on any atom is -0.478 e. The van der Waals surface area contributed by atoms with Gasteiger partial charge in [0, 0.05) is 24.5 Å². The number of aliphatic carboxylic acids is 1. The smallest absolute Gasteiger partial charge is 0.328 e. The molecule has 1 heterocycles. The van der Waals surface area contributed by atoms with Crippen LogP contribution in [0, 0.1) is 11.3 Å². The molecule has 1 atom stereocenters. The van der Waals surface area contributed by atoms with E-state index in [4.69, 9.17) is 10.4 Å². The van der Waals surface area contributed by atoms with E-state index < -0.39 is 21.2 Å². The van der Waals surface area contributed by atoms with Gasteiger partial charge >= 0.3 is 5.97 Å². The zero-order valence-electron chi connectivity index (χ0n) is 11.0. The Morgan fingerprint density at radius 3 is 2.85 bits per heavy atom. The SMILES string of the molecule is CC(C#N)S(=O)(=O)N(C)Cc1cc(C=CC(=O)O)cs1. The number of nitriles is 1. The fraction of sp³-hybridized carbons (Fsp3) is 0.333. The van der Waals surface area contributed by atoms with Crippen molar-refractivity contribution < 1.29 is 18.3 Å². The molecule has 0 saturated heterocycles. The largest absolute Gasteiger partial charge is 0.478 e. The number of carboxylic acid groups (broad SMARTS) is 1. The second-order valence-electron chi connectivity index (χ2n) is 4.09. The van der Waals surface area contributed by atoms with E-state index >= 15 is 0 Å². The number of rotatable bonds is 6. The minimum atomic E-state index is -3.64. The van der Waals surface area contributed by atoms with Gasteiger partial charge in [0.05, 0.1) is 6.07 Å². The van der Waals surface area contributed by atoms with Gasteiger partial charge in [-0.15, -0.1) is 11.3 Å². The Labute approximate surface area is 121 Å². The third-order valence-electron chi connectivity index (χ3n) is 2.53. The summed E-state index contributed by atoms with van der Waals surface area (Å²) in [5.74, 6) is -1.04. The average molecular weight is 314 g/mol. The summed E-state index contributed by atoms with van der Waals surface area (Å²) in [5.41, 5.74) is 0.700. The fourth-order valence-electron chi connectivity index (χ4n) is 1.38. The van der Waals surface area contributed by atoms with Crippen LogP contribution in [0.15, 0.2) is 17.5 Å². The predicted molar refractivity (Wildman–Crippen MR) is 76.5 cm³/mol. The van der Waals surface area contributed by atoms with E-state index in [9.17, 15) is 13.2 Å². The van der Waals surface area contributed by atoms with Crippen molar-refractivity contribution in [2.75, 3.05) is 7.05 Å². The highest BCUT2D eigenvalue weighted by atomic mass is 32.2. The number of sulfonamides is 1. The molecule has 0 spiro atoms. The van der Waals surface area contributed by atoms with Crippen molar-refractivity contribution in [3.63, 3.8) is 0 Å². The first-order valence-electron chi connectivity index (χ1n) is 5.60. The summed E-state index contributed by atoms with van der Waals surface area (Å²) in [6, 6.07) is 3.42. The number of carboxylic acids is 1. The number of hydrogen-bond acceptors (Lipinski definition) is 5. The van der Waals surface area contributed by atoms with Gasteiger partial charge in [0.15, 0.2) is 5.25 Å². The normalized spacial score (nSPS) is 13.5. The van der Waals surface area contributed by atoms with Crippen molar-refractivity contribution in [3.8, 4) is 6.07 Å². The lowest BCUT2D eigenvalue weighted by atomic mass is 10.3. The maximum Gasteiger partial charge on any atom is 0.328 e. The van der Waals surface area contributed by atoms with Crippen molar-refractivity contribution >= 4 is 33.4 Å². The van der Waals surface area contributed by atoms with Gasteiger partial charge in [0.25, 0.3) is 0 Å². The molecule has 108 valence electrons. The van der Waals surface area contributed by atoms with Gasteiger partial charge in [-0.25, -0.2) is 13.2 Å². The first-order valence-corrected chi connectivity index (χ1v) is 7.99. The Kier molecular flexibility index (Phi) is 5.44. The summed E-state index contributed by atoms with van der Waals surface area (Å²) in [6.45, 7) is 1.49. The molecule has 0 bridgehead atoms. The molecular formula is C12H14N2O4S2. The van der Waals surface area contributed by atoms with Crippen molar-refractivity contribution in [1.29, 1.82) is 5.26 Å². The van der Waals surface area contributed by atoms with Gasteiger partial charge in [-0.2, -0.15) is 9.57 Å². The molecule has 0 saturated carbocycles. The van der Waals surface area contributed by atoms with Gasteiger partial charge in [0.1, 0.15) is 0 Å². The van der Waals surface area contributed by atoms with Crippen LogP contribution in [-0.4, -0.2) is 36.1 Å². The standard InChI is InChI=1S/C12H14N2O4S2/c1-9(6-13)20(17,18)14(2)7-11-5-10(8-19-11)3-4-12(15)16/h3-5,8-9H,7H2,1-2H3,(H,15,16). The lowest BCUT2D eigenvalue weighted by molar-refractivity contribution is -0.131. The van der Waals surface area contributed by atoms with Crippen LogP contribution in [0.1, 0.15) is 17.4 Å². The van der Waals surface area contributed by atoms with E-state index in [2.05, 4.69) is 0 Å². The molecule has 1 aromatic rings. The predicted octanol–water partition coefficient (Wildman–Crippen LogP) is 1.52. The lowest BCUT2D eigenvalue weighted by Crippen LogP contribution is -2.33. The Hall–Kier alpha value is -1.69. The van der Waals surface area contributed by atoms with Crippen molar-refractivity contribution in [1.82, 2.24) is 4.31 Å². The number of nitrogens with zero attached hydrogens (tertiary/aromatic N) is 2. The van der Waals surface area contributed by atoms with Gasteiger partial charge < -0.3 is 5.11 Å². The quantitative estimate of drug-likeness (QED) is 0.803. The molecular weight excluding hydrogens is 300 g/mol. The zero-order valence-corrected chi connectivity index (χ0v) is 12.6. The third kappa shape index (κ3) is 4.16. The molecule has 1 aromatic heterocycles. The highest BCUT2D eigenvalue weighted by Gasteiger charge is 2.25. The molecule has 0 radical (unpaired) electrons. The zero-order chi connectivity index (χ0) is 15.3. The van der Waals surface area contributed by atoms with Gasteiger partial charge in [-0.3, -0.25) is 0 Å². The van der Waals surface area contributed by atoms with Crippen LogP contribution >= 0.6 is 11.3 Å². The Balaban J connectivity index is 2.80. The van der Waals surface area contributed by atoms with Crippen LogP contribution in [-0.2, 0) is 21.4 Å². The van der Waals surface area contributed by atoms with E-state index in [0.717, 1.165) is 15.3 Å². The van der Waals surface area contributed by atoms with E-state index in [0.29, 0.717) is 5.56 Å². The van der Waals surface area contributed by atoms with Crippen molar-refractivity contribution in [2.45, 2.75) is 18.7 Å². The van der Waals surface area contributed by atoms with Crippen LogP contribution in [0.4, 0.5) is 0 Å². The Morgan fingerprint density at radius 1 is 1.65 bits per heavy atom. The summed E-state index contributed by atoms with van der Waals surface area (Å²) in [6.07, 6.45) is 2.46. The molecule has 0 aliphatic carbocycles. The molecule has 8 heteroatoms. The number of thiophene rings is 1. The Morgan fingerprint density at radius 2 is 2.30 bits per heavy atom. The summed E-state index contributed by atoms with van der Waals surface area (Å²) in [7, 11) is -2.22. The second kappa shape index (κ2) is 6.65. The van der Waals surface area contributed by atoms with Gasteiger partial charge in [-0.1, -0.05) is 0 Å². The van der Waals surface area contributed by atoms with E-state index in [-0.39, 0.29) is 6.54 Å². The summed E-state index contributed by atoms with van der Waals surface area (Å²) < 4.78 is 24.9. The van der Waals surface area contributed by atoms with Crippen LogP contribution < -0.4 is 0 Å². The van der Waals surface area contributed by atoms with E-state index in [1.54, 1.807) is 17.5 Å². The maximum absolute atomic E-state index is 11.9. The van der Waals surface area contributed by atoms with Gasteiger partial charge in [0.2, 0.25) is 10.0 Å². The average Bonchev–Trinajstić information content (AvgIpc) is 2.82.